The summed E-state index contributed by atoms with van der Waals surface area (Å²) in [5, 5.41) is 10.3. The van der Waals surface area contributed by atoms with Gasteiger partial charge in [-0.3, -0.25) is 4.79 Å². The monoisotopic (exact) mass is 612 g/mol. The second-order valence-electron chi connectivity index (χ2n) is 14.3. The third kappa shape index (κ3) is 7.77. The molecule has 0 amide bonds. The fourth-order valence-corrected chi connectivity index (χ4v) is 7.25. The van der Waals surface area contributed by atoms with Crippen molar-refractivity contribution >= 4 is 11.9 Å². The highest BCUT2D eigenvalue weighted by atomic mass is 16.6. The van der Waals surface area contributed by atoms with Gasteiger partial charge in [-0.05, 0) is 76.0 Å². The standard InChI is InChI=1S/C39H48O6/c1-26(16-17-34-28(3)21-33(43-29(4)40)25-36(34,5)6)14-12-10-11-13-15-27(2)20-32-22-30(35(42)44-32)18-19-39-37(7,8)23-31(41)24-38(39,9)45-39/h10-15,18-20,22,31,33,41H,21,23-25H2,1-9H3/b12-10+,13-11+,19-18+,26-14+,27-15+,32-20+. The molecule has 1 saturated carbocycles. The average Bonchev–Trinajstić information content (AvgIpc) is 3.37. The predicted octanol–water partition coefficient (Wildman–Crippen LogP) is 7.69. The average molecular weight is 613 g/mol. The van der Waals surface area contributed by atoms with Crippen LogP contribution >= 0.6 is 0 Å². The van der Waals surface area contributed by atoms with Gasteiger partial charge in [0.1, 0.15) is 23.1 Å². The predicted molar refractivity (Wildman–Crippen MR) is 177 cm³/mol. The number of aliphatic hydroxyl groups excluding tert-OH is 1. The molecule has 0 aromatic heterocycles. The Balaban J connectivity index is 1.33. The molecule has 45 heavy (non-hydrogen) atoms. The molecule has 6 nitrogen and oxygen atoms in total. The van der Waals surface area contributed by atoms with Crippen LogP contribution < -0.4 is 0 Å². The van der Waals surface area contributed by atoms with E-state index in [0.717, 1.165) is 29.6 Å². The lowest BCUT2D eigenvalue weighted by Gasteiger charge is -2.39. The second-order valence-corrected chi connectivity index (χ2v) is 14.3. The first-order chi connectivity index (χ1) is 21.0. The van der Waals surface area contributed by atoms with Gasteiger partial charge < -0.3 is 19.3 Å². The van der Waals surface area contributed by atoms with E-state index in [1.807, 2.05) is 69.4 Å². The summed E-state index contributed by atoms with van der Waals surface area (Å²) in [5.74, 6) is 6.52. The Morgan fingerprint density at radius 1 is 1.02 bits per heavy atom. The number of fused-ring (bicyclic) bond motifs is 1. The third-order valence-corrected chi connectivity index (χ3v) is 9.25. The molecule has 4 unspecified atom stereocenters. The van der Waals surface area contributed by atoms with Crippen molar-refractivity contribution in [3.63, 3.8) is 0 Å². The fraction of sp³-hybridized carbons (Fsp3) is 0.487. The molecule has 240 valence electrons. The molecule has 0 spiro atoms. The highest BCUT2D eigenvalue weighted by molar-refractivity contribution is 5.95. The molecule has 4 rings (SSSR count). The molecule has 1 N–H and O–H groups in total. The molecule has 6 heteroatoms. The Hall–Kier alpha value is -3.66. The minimum atomic E-state index is -0.498. The van der Waals surface area contributed by atoms with Crippen LogP contribution in [-0.4, -0.2) is 40.5 Å². The van der Waals surface area contributed by atoms with Crippen molar-refractivity contribution in [1.82, 2.24) is 0 Å². The third-order valence-electron chi connectivity index (χ3n) is 9.25. The summed E-state index contributed by atoms with van der Waals surface area (Å²) in [4.78, 5) is 23.9. The normalized spacial score (nSPS) is 32.1. The van der Waals surface area contributed by atoms with Crippen LogP contribution in [0.4, 0.5) is 0 Å². The number of carbonyl (C=O) groups excluding carboxylic acids is 2. The number of allylic oxidation sites excluding steroid dienone is 11. The van der Waals surface area contributed by atoms with E-state index >= 15 is 0 Å². The molecule has 0 aromatic rings. The highest BCUT2D eigenvalue weighted by Crippen LogP contribution is 2.66. The topological polar surface area (TPSA) is 85.4 Å². The van der Waals surface area contributed by atoms with Crippen molar-refractivity contribution in [2.45, 2.75) is 111 Å². The highest BCUT2D eigenvalue weighted by Gasteiger charge is 2.74. The molecule has 2 aliphatic carbocycles. The summed E-state index contributed by atoms with van der Waals surface area (Å²) in [6, 6.07) is 0. The van der Waals surface area contributed by atoms with Gasteiger partial charge in [-0.1, -0.05) is 81.6 Å². The Labute approximate surface area is 269 Å². The molecular formula is C39H48O6. The minimum absolute atomic E-state index is 0.0897. The Morgan fingerprint density at radius 3 is 2.36 bits per heavy atom. The van der Waals surface area contributed by atoms with Gasteiger partial charge in [0.25, 0.3) is 0 Å². The van der Waals surface area contributed by atoms with Crippen LogP contribution in [0.25, 0.3) is 0 Å². The van der Waals surface area contributed by atoms with Gasteiger partial charge in [0.15, 0.2) is 0 Å². The first-order valence-corrected chi connectivity index (χ1v) is 15.8. The number of hydrogen-bond donors (Lipinski definition) is 1. The first-order valence-electron chi connectivity index (χ1n) is 15.8. The van der Waals surface area contributed by atoms with E-state index in [1.54, 1.807) is 12.2 Å². The van der Waals surface area contributed by atoms with Crippen LogP contribution in [0, 0.1) is 22.7 Å². The van der Waals surface area contributed by atoms with Gasteiger partial charge in [0.2, 0.25) is 0 Å². The first kappa shape index (κ1) is 34.2. The van der Waals surface area contributed by atoms with E-state index in [1.165, 1.54) is 12.5 Å². The molecular weight excluding hydrogens is 564 g/mol. The maximum atomic E-state index is 12.5. The Bertz CT molecular complexity index is 1540. The van der Waals surface area contributed by atoms with Crippen molar-refractivity contribution in [2.75, 3.05) is 0 Å². The number of esters is 2. The van der Waals surface area contributed by atoms with Crippen LogP contribution in [0.2, 0.25) is 0 Å². The summed E-state index contributed by atoms with van der Waals surface area (Å²) >= 11 is 0. The van der Waals surface area contributed by atoms with Crippen LogP contribution in [0.1, 0.15) is 88.0 Å². The lowest BCUT2D eigenvalue weighted by Crippen LogP contribution is -2.46. The molecule has 2 fully saturated rings. The number of hydrogen-bond acceptors (Lipinski definition) is 6. The van der Waals surface area contributed by atoms with Crippen molar-refractivity contribution in [2.24, 2.45) is 10.8 Å². The molecule has 0 radical (unpaired) electrons. The zero-order chi connectivity index (χ0) is 33.2. The summed E-state index contributed by atoms with van der Waals surface area (Å²) in [6.07, 6.45) is 21.3. The molecule has 2 aliphatic heterocycles. The number of cyclic esters (lactones) is 1. The molecule has 0 bridgehead atoms. The Kier molecular flexibility index (Phi) is 9.87. The molecule has 0 aromatic carbocycles. The van der Waals surface area contributed by atoms with E-state index < -0.39 is 11.2 Å². The van der Waals surface area contributed by atoms with Gasteiger partial charge in [-0.2, -0.15) is 0 Å². The molecule has 4 aliphatic rings. The lowest BCUT2D eigenvalue weighted by molar-refractivity contribution is -0.147. The second kappa shape index (κ2) is 13.0. The minimum Gasteiger partial charge on any atom is -0.462 e. The van der Waals surface area contributed by atoms with Gasteiger partial charge in [0.05, 0.1) is 11.7 Å². The number of aliphatic hydroxyl groups is 1. The van der Waals surface area contributed by atoms with Gasteiger partial charge in [-0.15, -0.1) is 0 Å². The maximum absolute atomic E-state index is 12.5. The summed E-state index contributed by atoms with van der Waals surface area (Å²) < 4.78 is 17.1. The van der Waals surface area contributed by atoms with Crippen molar-refractivity contribution < 1.29 is 28.9 Å². The zero-order valence-corrected chi connectivity index (χ0v) is 28.2. The zero-order valence-electron chi connectivity index (χ0n) is 28.2. The smallest absolute Gasteiger partial charge is 0.343 e. The van der Waals surface area contributed by atoms with Gasteiger partial charge in [0, 0.05) is 36.2 Å². The van der Waals surface area contributed by atoms with Crippen molar-refractivity contribution in [1.29, 1.82) is 0 Å². The van der Waals surface area contributed by atoms with E-state index in [0.29, 0.717) is 24.2 Å². The van der Waals surface area contributed by atoms with Gasteiger partial charge in [-0.25, -0.2) is 4.79 Å². The van der Waals surface area contributed by atoms with E-state index in [4.69, 9.17) is 14.2 Å². The SMILES string of the molecule is CC(=O)OC1CC(C)=C(C#C/C(C)=C/C=C/C=C/C=C(C)/C=C2C=C(/C=C/C34OC3(C)CC(O)CC4(C)C)C(=O)O\2)C(C)(C)C1. The summed E-state index contributed by atoms with van der Waals surface area (Å²) in [6.45, 7) is 18.0. The Morgan fingerprint density at radius 2 is 1.71 bits per heavy atom. The summed E-state index contributed by atoms with van der Waals surface area (Å²) in [5.41, 5.74) is 3.36. The number of rotatable bonds is 7. The van der Waals surface area contributed by atoms with Crippen LogP contribution in [0.5, 0.6) is 0 Å². The van der Waals surface area contributed by atoms with Crippen LogP contribution in [-0.2, 0) is 23.8 Å². The van der Waals surface area contributed by atoms with E-state index in [2.05, 4.69) is 46.5 Å². The van der Waals surface area contributed by atoms with Crippen LogP contribution in [0.15, 0.2) is 94.4 Å². The largest absolute Gasteiger partial charge is 0.462 e. The molecule has 2 heterocycles. The number of epoxide rings is 1. The summed E-state index contributed by atoms with van der Waals surface area (Å²) in [7, 11) is 0. The van der Waals surface area contributed by atoms with Crippen molar-refractivity contribution in [3.05, 3.63) is 94.4 Å². The van der Waals surface area contributed by atoms with Crippen LogP contribution in [0.3, 0.4) is 0 Å². The fourth-order valence-electron chi connectivity index (χ4n) is 7.25. The van der Waals surface area contributed by atoms with Gasteiger partial charge >= 0.3 is 11.9 Å². The van der Waals surface area contributed by atoms with E-state index in [9.17, 15) is 14.7 Å². The van der Waals surface area contributed by atoms with Crippen molar-refractivity contribution in [3.8, 4) is 11.8 Å². The number of ether oxygens (including phenoxy) is 3. The molecule has 1 saturated heterocycles. The lowest BCUT2D eigenvalue weighted by atomic mass is 9.63. The molecule has 4 atom stereocenters. The maximum Gasteiger partial charge on any atom is 0.343 e. The quantitative estimate of drug-likeness (QED) is 0.137. The number of carbonyl (C=O) groups is 2. The van der Waals surface area contributed by atoms with E-state index in [-0.39, 0.29) is 35.0 Å².